The number of carbonyl (C=O) groups excluding carboxylic acids is 1. The maximum absolute atomic E-state index is 13.3. The number of amides is 1. The lowest BCUT2D eigenvalue weighted by Crippen LogP contribution is -2.57. The van der Waals surface area contributed by atoms with E-state index in [9.17, 15) is 31.1 Å². The Morgan fingerprint density at radius 2 is 1.61 bits per heavy atom. The molecule has 0 saturated carbocycles. The molecule has 28 heavy (non-hydrogen) atoms. The van der Waals surface area contributed by atoms with Crippen LogP contribution in [0, 0.1) is 0 Å². The van der Waals surface area contributed by atoms with Crippen LogP contribution < -0.4 is 10.6 Å². The fourth-order valence-corrected chi connectivity index (χ4v) is 3.02. The average molecular weight is 434 g/mol. The summed E-state index contributed by atoms with van der Waals surface area (Å²) in [4.78, 5) is 13.2. The number of nitrogens with zero attached hydrogens (tertiary/aromatic N) is 1. The van der Waals surface area contributed by atoms with Gasteiger partial charge in [0.15, 0.2) is 0 Å². The zero-order chi connectivity index (χ0) is 20.1. The lowest BCUT2D eigenvalue weighted by Gasteiger charge is -2.36. The molecule has 0 bridgehead atoms. The largest absolute Gasteiger partial charge is 0.405 e. The molecule has 0 aliphatic carbocycles. The average Bonchev–Trinajstić information content (AvgIpc) is 2.59. The van der Waals surface area contributed by atoms with Crippen molar-refractivity contribution in [3.63, 3.8) is 0 Å². The van der Waals surface area contributed by atoms with Crippen LogP contribution in [0.2, 0.25) is 0 Å². The summed E-state index contributed by atoms with van der Waals surface area (Å²) in [6.45, 7) is 0.279. The van der Waals surface area contributed by atoms with Crippen LogP contribution in [-0.2, 0) is 4.79 Å². The summed E-state index contributed by atoms with van der Waals surface area (Å²) < 4.78 is 79.6. The molecular formula is C17H22ClF6N3O. The van der Waals surface area contributed by atoms with Crippen molar-refractivity contribution < 1.29 is 31.1 Å². The van der Waals surface area contributed by atoms with E-state index in [-0.39, 0.29) is 31.1 Å². The van der Waals surface area contributed by atoms with Gasteiger partial charge in [-0.1, -0.05) is 30.3 Å². The number of halogens is 7. The van der Waals surface area contributed by atoms with E-state index in [0.717, 1.165) is 0 Å². The van der Waals surface area contributed by atoms with Gasteiger partial charge in [-0.15, -0.1) is 12.4 Å². The van der Waals surface area contributed by atoms with E-state index in [4.69, 9.17) is 0 Å². The van der Waals surface area contributed by atoms with Crippen LogP contribution >= 0.6 is 12.4 Å². The summed E-state index contributed by atoms with van der Waals surface area (Å²) in [7, 11) is 0. The summed E-state index contributed by atoms with van der Waals surface area (Å²) in [5, 5.41) is 4.96. The zero-order valence-corrected chi connectivity index (χ0v) is 15.6. The zero-order valence-electron chi connectivity index (χ0n) is 14.8. The number of benzene rings is 1. The molecule has 1 heterocycles. The first kappa shape index (κ1) is 24.5. The van der Waals surface area contributed by atoms with Gasteiger partial charge in [-0.2, -0.15) is 26.3 Å². The smallest absolute Gasteiger partial charge is 0.354 e. The van der Waals surface area contributed by atoms with Gasteiger partial charge < -0.3 is 10.6 Å². The van der Waals surface area contributed by atoms with Gasteiger partial charge in [0, 0.05) is 39.1 Å². The maximum atomic E-state index is 13.3. The van der Waals surface area contributed by atoms with Gasteiger partial charge in [0.2, 0.25) is 5.91 Å². The molecule has 1 saturated heterocycles. The van der Waals surface area contributed by atoms with Crippen molar-refractivity contribution in [1.82, 2.24) is 15.5 Å². The standard InChI is InChI=1S/C17H21F6N3O.ClH/c18-16(19,20)13(12-4-2-1-3-5-12)10-15(27)25-11-14(17(21,22)23)26-8-6-24-7-9-26;/h1-5,13-14,24H,6-11H2,(H,25,27);1H. The van der Waals surface area contributed by atoms with Crippen molar-refractivity contribution in [3.05, 3.63) is 35.9 Å². The summed E-state index contributed by atoms with van der Waals surface area (Å²) in [6, 6.07) is 4.92. The van der Waals surface area contributed by atoms with Gasteiger partial charge in [-0.3, -0.25) is 9.69 Å². The molecule has 2 N–H and O–H groups in total. The minimum Gasteiger partial charge on any atom is -0.354 e. The second-order valence-corrected chi connectivity index (χ2v) is 6.36. The number of carbonyl (C=O) groups is 1. The summed E-state index contributed by atoms with van der Waals surface area (Å²) in [5.41, 5.74) is -0.102. The van der Waals surface area contributed by atoms with E-state index in [1.807, 2.05) is 5.32 Å². The molecule has 1 aromatic rings. The van der Waals surface area contributed by atoms with Crippen LogP contribution in [0.5, 0.6) is 0 Å². The number of rotatable bonds is 6. The van der Waals surface area contributed by atoms with Crippen molar-refractivity contribution in [2.45, 2.75) is 30.7 Å². The number of piperazine rings is 1. The summed E-state index contributed by atoms with van der Waals surface area (Å²) in [6.07, 6.45) is -10.2. The van der Waals surface area contributed by atoms with Crippen LogP contribution in [0.3, 0.4) is 0 Å². The quantitative estimate of drug-likeness (QED) is 0.678. The minimum atomic E-state index is -4.68. The van der Waals surface area contributed by atoms with E-state index in [1.54, 1.807) is 6.07 Å². The first-order valence-corrected chi connectivity index (χ1v) is 8.49. The van der Waals surface area contributed by atoms with Crippen molar-refractivity contribution in [3.8, 4) is 0 Å². The van der Waals surface area contributed by atoms with Crippen molar-refractivity contribution in [2.75, 3.05) is 32.7 Å². The Morgan fingerprint density at radius 3 is 2.11 bits per heavy atom. The van der Waals surface area contributed by atoms with E-state index in [0.29, 0.717) is 13.1 Å². The van der Waals surface area contributed by atoms with Crippen molar-refractivity contribution in [1.29, 1.82) is 0 Å². The molecule has 1 aromatic carbocycles. The van der Waals surface area contributed by atoms with Crippen LogP contribution in [0.1, 0.15) is 17.9 Å². The third kappa shape index (κ3) is 7.14. The minimum absolute atomic E-state index is 0. The fraction of sp³-hybridized carbons (Fsp3) is 0.588. The van der Waals surface area contributed by atoms with Crippen LogP contribution in [0.4, 0.5) is 26.3 Å². The van der Waals surface area contributed by atoms with Gasteiger partial charge in [-0.05, 0) is 5.56 Å². The molecule has 0 aromatic heterocycles. The van der Waals surface area contributed by atoms with Crippen LogP contribution in [0.25, 0.3) is 0 Å². The highest BCUT2D eigenvalue weighted by Gasteiger charge is 2.45. The molecule has 1 aliphatic rings. The number of hydrogen-bond donors (Lipinski definition) is 2. The predicted molar refractivity (Wildman–Crippen MR) is 94.4 cm³/mol. The molecule has 4 nitrogen and oxygen atoms in total. The Hall–Kier alpha value is -1.52. The molecule has 1 amide bonds. The maximum Gasteiger partial charge on any atom is 0.405 e. The second kappa shape index (κ2) is 10.3. The van der Waals surface area contributed by atoms with Crippen LogP contribution in [0.15, 0.2) is 30.3 Å². The van der Waals surface area contributed by atoms with Crippen molar-refractivity contribution >= 4 is 18.3 Å². The Kier molecular flexibility index (Phi) is 9.03. The first-order valence-electron chi connectivity index (χ1n) is 8.49. The molecule has 1 fully saturated rings. The molecule has 2 unspecified atom stereocenters. The van der Waals surface area contributed by atoms with Gasteiger partial charge in [0.1, 0.15) is 6.04 Å². The number of hydrogen-bond acceptors (Lipinski definition) is 3. The Labute approximate surface area is 165 Å². The molecule has 2 rings (SSSR count). The molecule has 0 radical (unpaired) electrons. The lowest BCUT2D eigenvalue weighted by molar-refractivity contribution is -0.184. The Balaban J connectivity index is 0.00000392. The van der Waals surface area contributed by atoms with E-state index in [2.05, 4.69) is 5.32 Å². The van der Waals surface area contributed by atoms with E-state index in [1.165, 1.54) is 29.2 Å². The van der Waals surface area contributed by atoms with E-state index < -0.39 is 43.2 Å². The Bertz CT molecular complexity index is 605. The topological polar surface area (TPSA) is 44.4 Å². The molecular weight excluding hydrogens is 412 g/mol. The van der Waals surface area contributed by atoms with Gasteiger partial charge >= 0.3 is 12.4 Å². The van der Waals surface area contributed by atoms with Crippen molar-refractivity contribution in [2.24, 2.45) is 0 Å². The van der Waals surface area contributed by atoms with Gasteiger partial charge in [0.25, 0.3) is 0 Å². The third-order valence-electron chi connectivity index (χ3n) is 4.45. The van der Waals surface area contributed by atoms with Gasteiger partial charge in [0.05, 0.1) is 5.92 Å². The summed E-state index contributed by atoms with van der Waals surface area (Å²) in [5.74, 6) is -3.13. The molecule has 11 heteroatoms. The van der Waals surface area contributed by atoms with Gasteiger partial charge in [-0.25, -0.2) is 0 Å². The van der Waals surface area contributed by atoms with E-state index >= 15 is 0 Å². The SMILES string of the molecule is Cl.O=C(CC(c1ccccc1)C(F)(F)F)NCC(N1CCNCC1)C(F)(F)F. The third-order valence-corrected chi connectivity index (χ3v) is 4.45. The monoisotopic (exact) mass is 433 g/mol. The lowest BCUT2D eigenvalue weighted by atomic mass is 9.94. The first-order chi connectivity index (χ1) is 12.6. The molecule has 1 aliphatic heterocycles. The predicted octanol–water partition coefficient (Wildman–Crippen LogP) is 3.10. The second-order valence-electron chi connectivity index (χ2n) is 6.36. The highest BCUT2D eigenvalue weighted by molar-refractivity contribution is 5.85. The Morgan fingerprint density at radius 1 is 1.04 bits per heavy atom. The number of nitrogens with one attached hydrogen (secondary N) is 2. The highest BCUT2D eigenvalue weighted by Crippen LogP contribution is 2.37. The highest BCUT2D eigenvalue weighted by atomic mass is 35.5. The molecule has 160 valence electrons. The number of alkyl halides is 6. The van der Waals surface area contributed by atoms with Crippen LogP contribution in [-0.4, -0.2) is 61.9 Å². The molecule has 2 atom stereocenters. The summed E-state index contributed by atoms with van der Waals surface area (Å²) >= 11 is 0. The fourth-order valence-electron chi connectivity index (χ4n) is 3.02. The normalized spacial score (nSPS) is 18.1. The molecule has 0 spiro atoms.